The summed E-state index contributed by atoms with van der Waals surface area (Å²) < 4.78 is 22.6. The van der Waals surface area contributed by atoms with Crippen LogP contribution in [0.25, 0.3) is 10.8 Å². The molecule has 2 aromatic carbocycles. The number of aryl methyl sites for hydroxylation is 1. The predicted octanol–water partition coefficient (Wildman–Crippen LogP) is 4.81. The normalized spacial score (nSPS) is 11.7. The van der Waals surface area contributed by atoms with E-state index in [0.29, 0.717) is 41.7 Å². The first-order valence-electron chi connectivity index (χ1n) is 10.6. The lowest BCUT2D eigenvalue weighted by Gasteiger charge is -2.19. The van der Waals surface area contributed by atoms with E-state index in [0.717, 1.165) is 34.9 Å². The van der Waals surface area contributed by atoms with E-state index in [1.165, 1.54) is 0 Å². The molecule has 3 aromatic rings. The second kappa shape index (κ2) is 10.7. The molecule has 7 heteroatoms. The van der Waals surface area contributed by atoms with E-state index >= 15 is 0 Å². The molecule has 0 spiro atoms. The summed E-state index contributed by atoms with van der Waals surface area (Å²) in [6.07, 6.45) is 1.98. The Morgan fingerprint density at radius 1 is 1.06 bits per heavy atom. The first kappa shape index (κ1) is 23.2. The molecule has 1 unspecified atom stereocenters. The molecular weight excluding hydrogens is 406 g/mol. The van der Waals surface area contributed by atoms with Gasteiger partial charge in [0.2, 0.25) is 0 Å². The standard InChI is InChI=1S/C25H29N3O4/c1-5-32-24-18-13-22(30-3)23(31-4)14-19(18)25(27)28-20(24)11-8-12-21(29-2)17-10-7-6-9-16(17)15-26/h6-7,9-10,13-14,21H,5,8,11-12H2,1-4H3,(H2,27,28). The lowest BCUT2D eigenvalue weighted by molar-refractivity contribution is 0.0935. The van der Waals surface area contributed by atoms with E-state index in [9.17, 15) is 5.26 Å². The van der Waals surface area contributed by atoms with Gasteiger partial charge in [-0.1, -0.05) is 18.2 Å². The molecule has 3 rings (SSSR count). The first-order valence-corrected chi connectivity index (χ1v) is 10.6. The van der Waals surface area contributed by atoms with Gasteiger partial charge in [0.05, 0.1) is 44.3 Å². The molecule has 0 bridgehead atoms. The zero-order chi connectivity index (χ0) is 23.1. The van der Waals surface area contributed by atoms with Crippen LogP contribution in [0.5, 0.6) is 17.2 Å². The highest BCUT2D eigenvalue weighted by Gasteiger charge is 2.19. The van der Waals surface area contributed by atoms with Gasteiger partial charge in [-0.15, -0.1) is 0 Å². The maximum Gasteiger partial charge on any atom is 0.161 e. The highest BCUT2D eigenvalue weighted by Crippen LogP contribution is 2.40. The van der Waals surface area contributed by atoms with Gasteiger partial charge in [-0.25, -0.2) is 4.98 Å². The third-order valence-electron chi connectivity index (χ3n) is 5.44. The van der Waals surface area contributed by atoms with Crippen molar-refractivity contribution < 1.29 is 18.9 Å². The van der Waals surface area contributed by atoms with Crippen LogP contribution in [0.3, 0.4) is 0 Å². The average molecular weight is 436 g/mol. The summed E-state index contributed by atoms with van der Waals surface area (Å²) in [6, 6.07) is 13.5. The molecule has 7 nitrogen and oxygen atoms in total. The second-order valence-electron chi connectivity index (χ2n) is 7.27. The van der Waals surface area contributed by atoms with Crippen molar-refractivity contribution in [2.75, 3.05) is 33.7 Å². The lowest BCUT2D eigenvalue weighted by atomic mass is 9.98. The number of nitriles is 1. The Hall–Kier alpha value is -3.50. The van der Waals surface area contributed by atoms with Crippen LogP contribution in [-0.4, -0.2) is 32.9 Å². The van der Waals surface area contributed by atoms with E-state index in [1.807, 2.05) is 43.3 Å². The van der Waals surface area contributed by atoms with Crippen molar-refractivity contribution in [1.82, 2.24) is 4.98 Å². The minimum absolute atomic E-state index is 0.177. The van der Waals surface area contributed by atoms with Crippen molar-refractivity contribution in [3.63, 3.8) is 0 Å². The van der Waals surface area contributed by atoms with Gasteiger partial charge in [-0.05, 0) is 49.9 Å². The molecular formula is C25H29N3O4. The van der Waals surface area contributed by atoms with Gasteiger partial charge in [-0.3, -0.25) is 0 Å². The van der Waals surface area contributed by atoms with E-state index in [4.69, 9.17) is 24.7 Å². The van der Waals surface area contributed by atoms with Crippen LogP contribution in [0.4, 0.5) is 5.82 Å². The third kappa shape index (κ3) is 4.71. The van der Waals surface area contributed by atoms with Gasteiger partial charge in [0.15, 0.2) is 11.5 Å². The largest absolute Gasteiger partial charge is 0.493 e. The van der Waals surface area contributed by atoms with Gasteiger partial charge in [-0.2, -0.15) is 5.26 Å². The first-order chi connectivity index (χ1) is 15.6. The number of benzene rings is 2. The highest BCUT2D eigenvalue weighted by atomic mass is 16.5. The fourth-order valence-corrected chi connectivity index (χ4v) is 3.90. The predicted molar refractivity (Wildman–Crippen MR) is 124 cm³/mol. The minimum atomic E-state index is -0.177. The van der Waals surface area contributed by atoms with Crippen molar-refractivity contribution in [2.24, 2.45) is 0 Å². The number of nitrogen functional groups attached to an aromatic ring is 1. The Labute approximate surface area is 188 Å². The molecule has 0 saturated heterocycles. The SMILES string of the molecule is CCOc1c(CCCC(OC)c2ccccc2C#N)nc(N)c2cc(OC)c(OC)cc12. The lowest BCUT2D eigenvalue weighted by Crippen LogP contribution is -2.07. The van der Waals surface area contributed by atoms with Gasteiger partial charge in [0.1, 0.15) is 11.6 Å². The van der Waals surface area contributed by atoms with Crippen molar-refractivity contribution in [2.45, 2.75) is 32.3 Å². The molecule has 0 aliphatic rings. The van der Waals surface area contributed by atoms with E-state index in [-0.39, 0.29) is 6.10 Å². The summed E-state index contributed by atoms with van der Waals surface area (Å²) in [4.78, 5) is 4.64. The number of pyridine rings is 1. The Morgan fingerprint density at radius 2 is 1.75 bits per heavy atom. The van der Waals surface area contributed by atoms with Crippen LogP contribution >= 0.6 is 0 Å². The summed E-state index contributed by atoms with van der Waals surface area (Å²) in [7, 11) is 4.84. The van der Waals surface area contributed by atoms with Crippen molar-refractivity contribution in [3.8, 4) is 23.3 Å². The molecule has 0 amide bonds. The smallest absolute Gasteiger partial charge is 0.161 e. The molecule has 2 N–H and O–H groups in total. The summed E-state index contributed by atoms with van der Waals surface area (Å²) in [5, 5.41) is 11.0. The number of ether oxygens (including phenoxy) is 4. The molecule has 1 heterocycles. The van der Waals surface area contributed by atoms with Crippen LogP contribution < -0.4 is 19.9 Å². The summed E-state index contributed by atoms with van der Waals surface area (Å²) in [5.41, 5.74) is 8.61. The zero-order valence-electron chi connectivity index (χ0n) is 19.0. The Kier molecular flexibility index (Phi) is 7.74. The van der Waals surface area contributed by atoms with E-state index in [2.05, 4.69) is 11.1 Å². The summed E-state index contributed by atoms with van der Waals surface area (Å²) in [5.74, 6) is 2.30. The van der Waals surface area contributed by atoms with Crippen molar-refractivity contribution in [1.29, 1.82) is 5.26 Å². The number of methoxy groups -OCH3 is 3. The zero-order valence-corrected chi connectivity index (χ0v) is 19.0. The third-order valence-corrected chi connectivity index (χ3v) is 5.44. The summed E-state index contributed by atoms with van der Waals surface area (Å²) in [6.45, 7) is 2.44. The Morgan fingerprint density at radius 3 is 2.38 bits per heavy atom. The molecule has 0 aliphatic heterocycles. The van der Waals surface area contributed by atoms with Gasteiger partial charge in [0, 0.05) is 17.9 Å². The van der Waals surface area contributed by atoms with Crippen molar-refractivity contribution >= 4 is 16.6 Å². The number of hydrogen-bond donors (Lipinski definition) is 1. The number of rotatable bonds is 10. The highest BCUT2D eigenvalue weighted by molar-refractivity contribution is 5.98. The fourth-order valence-electron chi connectivity index (χ4n) is 3.90. The summed E-state index contributed by atoms with van der Waals surface area (Å²) >= 11 is 0. The molecule has 0 aliphatic carbocycles. The van der Waals surface area contributed by atoms with E-state index < -0.39 is 0 Å². The molecule has 0 radical (unpaired) electrons. The quantitative estimate of drug-likeness (QED) is 0.487. The number of nitrogens with zero attached hydrogens (tertiary/aromatic N) is 2. The number of anilines is 1. The van der Waals surface area contributed by atoms with Gasteiger partial charge < -0.3 is 24.7 Å². The number of nitrogens with two attached hydrogens (primary N) is 1. The van der Waals surface area contributed by atoms with Crippen molar-refractivity contribution in [3.05, 3.63) is 53.2 Å². The maximum atomic E-state index is 9.41. The van der Waals surface area contributed by atoms with Crippen LogP contribution in [0.2, 0.25) is 0 Å². The maximum absolute atomic E-state index is 9.41. The minimum Gasteiger partial charge on any atom is -0.493 e. The van der Waals surface area contributed by atoms with Crippen LogP contribution in [0.1, 0.15) is 42.7 Å². The molecule has 1 aromatic heterocycles. The molecule has 168 valence electrons. The Bertz CT molecular complexity index is 1120. The topological polar surface area (TPSA) is 99.6 Å². The monoisotopic (exact) mass is 435 g/mol. The Balaban J connectivity index is 1.91. The molecule has 0 saturated carbocycles. The van der Waals surface area contributed by atoms with Crippen LogP contribution in [-0.2, 0) is 11.2 Å². The van der Waals surface area contributed by atoms with Gasteiger partial charge in [0.25, 0.3) is 0 Å². The van der Waals surface area contributed by atoms with Crippen LogP contribution in [0, 0.1) is 11.3 Å². The number of aromatic nitrogens is 1. The van der Waals surface area contributed by atoms with Gasteiger partial charge >= 0.3 is 0 Å². The van der Waals surface area contributed by atoms with E-state index in [1.54, 1.807) is 21.3 Å². The second-order valence-corrected chi connectivity index (χ2v) is 7.27. The fraction of sp³-hybridized carbons (Fsp3) is 0.360. The molecule has 1 atom stereocenters. The molecule has 32 heavy (non-hydrogen) atoms. The average Bonchev–Trinajstić information content (AvgIpc) is 2.83. The molecule has 0 fully saturated rings. The number of hydrogen-bond acceptors (Lipinski definition) is 7. The van der Waals surface area contributed by atoms with Crippen LogP contribution in [0.15, 0.2) is 36.4 Å². The number of fused-ring (bicyclic) bond motifs is 1.